The highest BCUT2D eigenvalue weighted by atomic mass is 32.2. The van der Waals surface area contributed by atoms with E-state index in [0.717, 1.165) is 37.1 Å². The quantitative estimate of drug-likeness (QED) is 0.323. The smallest absolute Gasteiger partial charge is 0.341 e. The Balaban J connectivity index is 1.45. The van der Waals surface area contributed by atoms with Crippen LogP contribution in [0.15, 0.2) is 45.5 Å². The number of thiazole rings is 1. The summed E-state index contributed by atoms with van der Waals surface area (Å²) < 4.78 is 10.7. The van der Waals surface area contributed by atoms with E-state index in [4.69, 9.17) is 9.26 Å². The summed E-state index contributed by atoms with van der Waals surface area (Å²) in [6, 6.07) is 5.25. The highest BCUT2D eigenvalue weighted by molar-refractivity contribution is 7.98. The van der Waals surface area contributed by atoms with Gasteiger partial charge >= 0.3 is 5.97 Å². The van der Waals surface area contributed by atoms with Gasteiger partial charge in [0.1, 0.15) is 10.8 Å². The van der Waals surface area contributed by atoms with Crippen molar-refractivity contribution < 1.29 is 18.8 Å². The Morgan fingerprint density at radius 1 is 1.27 bits per heavy atom. The third-order valence-corrected chi connectivity index (χ3v) is 7.27. The first-order valence-corrected chi connectivity index (χ1v) is 12.8. The Morgan fingerprint density at radius 2 is 2.09 bits per heavy atom. The second-order valence-electron chi connectivity index (χ2n) is 7.94. The number of amides is 1. The van der Waals surface area contributed by atoms with E-state index in [-0.39, 0.29) is 11.9 Å². The molecule has 3 aromatic heterocycles. The molecule has 0 aliphatic heterocycles. The van der Waals surface area contributed by atoms with Crippen LogP contribution in [0.3, 0.4) is 0 Å². The van der Waals surface area contributed by atoms with Crippen LogP contribution in [0.4, 0.5) is 5.13 Å². The van der Waals surface area contributed by atoms with Crippen LogP contribution in [0.1, 0.15) is 60.8 Å². The molecule has 0 bridgehead atoms. The summed E-state index contributed by atoms with van der Waals surface area (Å²) in [4.78, 5) is 36.8. The van der Waals surface area contributed by atoms with Gasteiger partial charge in [0.05, 0.1) is 11.3 Å². The maximum atomic E-state index is 13.4. The molecule has 1 fully saturated rings. The van der Waals surface area contributed by atoms with Gasteiger partial charge in [-0.3, -0.25) is 9.69 Å². The lowest BCUT2D eigenvalue weighted by Gasteiger charge is -2.33. The molecule has 1 atom stereocenters. The Labute approximate surface area is 200 Å². The predicted octanol–water partition coefficient (Wildman–Crippen LogP) is 5.04. The number of hydrogen-bond donors (Lipinski definition) is 0. The van der Waals surface area contributed by atoms with Gasteiger partial charge in [-0.15, -0.1) is 11.3 Å². The summed E-state index contributed by atoms with van der Waals surface area (Å²) in [6.45, 7) is 3.44. The first-order chi connectivity index (χ1) is 16.0. The highest BCUT2D eigenvalue weighted by Crippen LogP contribution is 2.30. The number of aromatic nitrogens is 3. The molecule has 1 unspecified atom stereocenters. The van der Waals surface area contributed by atoms with Gasteiger partial charge in [-0.05, 0) is 38.8 Å². The fourth-order valence-electron chi connectivity index (χ4n) is 3.86. The summed E-state index contributed by atoms with van der Waals surface area (Å²) in [6.07, 6.45) is 7.55. The van der Waals surface area contributed by atoms with Crippen LogP contribution in [0, 0.1) is 6.92 Å². The van der Waals surface area contributed by atoms with Gasteiger partial charge in [0, 0.05) is 35.6 Å². The standard InChI is InChI=1S/C23H26N4O4S2/c1-15-13-17(26-31-15)14-33-20-19(9-6-10-24-20)22(29)30-16(2)21(28)27(23-25-11-12-32-23)18-7-4-3-5-8-18/h6,9-13,16,18H,3-5,7-8,14H2,1-2H3. The SMILES string of the molecule is Cc1cc(CSc2ncccc2C(=O)OC(C)C(=O)N(c2nccs2)C2CCCCC2)no1. The molecule has 33 heavy (non-hydrogen) atoms. The van der Waals surface area contributed by atoms with Crippen molar-refractivity contribution in [1.82, 2.24) is 15.1 Å². The summed E-state index contributed by atoms with van der Waals surface area (Å²) in [7, 11) is 0. The van der Waals surface area contributed by atoms with Crippen molar-refractivity contribution in [3.63, 3.8) is 0 Å². The number of aryl methyl sites for hydroxylation is 1. The Bertz CT molecular complexity index is 1080. The van der Waals surface area contributed by atoms with Gasteiger partial charge < -0.3 is 9.26 Å². The van der Waals surface area contributed by atoms with Crippen molar-refractivity contribution in [3.8, 4) is 0 Å². The van der Waals surface area contributed by atoms with Gasteiger partial charge in [-0.2, -0.15) is 0 Å². The zero-order valence-electron chi connectivity index (χ0n) is 18.6. The largest absolute Gasteiger partial charge is 0.449 e. The summed E-state index contributed by atoms with van der Waals surface area (Å²) in [5, 5.41) is 6.99. The zero-order valence-corrected chi connectivity index (χ0v) is 20.2. The van der Waals surface area contributed by atoms with Crippen molar-refractivity contribution in [2.45, 2.75) is 68.9 Å². The molecule has 1 amide bonds. The Hall–Kier alpha value is -2.72. The van der Waals surface area contributed by atoms with Crippen molar-refractivity contribution in [2.24, 2.45) is 0 Å². The molecule has 174 valence electrons. The minimum absolute atomic E-state index is 0.0778. The molecule has 0 radical (unpaired) electrons. The van der Waals surface area contributed by atoms with E-state index in [1.54, 1.807) is 36.4 Å². The van der Waals surface area contributed by atoms with Crippen LogP contribution < -0.4 is 4.90 Å². The normalized spacial score (nSPS) is 15.2. The van der Waals surface area contributed by atoms with Crippen molar-refractivity contribution in [3.05, 3.63) is 53.0 Å². The van der Waals surface area contributed by atoms with Crippen LogP contribution >= 0.6 is 23.1 Å². The molecule has 3 aromatic rings. The lowest BCUT2D eigenvalue weighted by molar-refractivity contribution is -0.127. The maximum absolute atomic E-state index is 13.4. The second-order valence-corrected chi connectivity index (χ2v) is 9.77. The number of esters is 1. The lowest BCUT2D eigenvalue weighted by Crippen LogP contribution is -2.47. The average Bonchev–Trinajstić information content (AvgIpc) is 3.50. The lowest BCUT2D eigenvalue weighted by atomic mass is 9.94. The molecule has 0 N–H and O–H groups in total. The van der Waals surface area contributed by atoms with Crippen molar-refractivity contribution >= 4 is 40.1 Å². The number of rotatable bonds is 8. The first-order valence-electron chi connectivity index (χ1n) is 11.0. The van der Waals surface area contributed by atoms with Gasteiger partial charge in [0.25, 0.3) is 5.91 Å². The van der Waals surface area contributed by atoms with Gasteiger partial charge in [0.2, 0.25) is 0 Å². The van der Waals surface area contributed by atoms with E-state index >= 15 is 0 Å². The van der Waals surface area contributed by atoms with E-state index in [0.29, 0.717) is 21.5 Å². The molecule has 0 spiro atoms. The minimum atomic E-state index is -0.945. The highest BCUT2D eigenvalue weighted by Gasteiger charge is 2.33. The van der Waals surface area contributed by atoms with Crippen LogP contribution in [0.25, 0.3) is 0 Å². The van der Waals surface area contributed by atoms with Gasteiger partial charge in [-0.25, -0.2) is 14.8 Å². The number of carbonyl (C=O) groups is 2. The Morgan fingerprint density at radius 3 is 2.79 bits per heavy atom. The number of ether oxygens (including phenoxy) is 1. The average molecular weight is 487 g/mol. The summed E-state index contributed by atoms with van der Waals surface area (Å²) >= 11 is 2.79. The van der Waals surface area contributed by atoms with Gasteiger partial charge in [0.15, 0.2) is 11.2 Å². The molecule has 0 saturated heterocycles. The van der Waals surface area contributed by atoms with E-state index < -0.39 is 12.1 Å². The fourth-order valence-corrected chi connectivity index (χ4v) is 5.44. The van der Waals surface area contributed by atoms with Crippen LogP contribution in [-0.2, 0) is 15.3 Å². The molecule has 1 saturated carbocycles. The third-order valence-electron chi connectivity index (χ3n) is 5.46. The number of anilines is 1. The molecular formula is C23H26N4O4S2. The molecule has 4 rings (SSSR count). The fraction of sp³-hybridized carbons (Fsp3) is 0.435. The summed E-state index contributed by atoms with van der Waals surface area (Å²) in [5.41, 5.74) is 1.08. The van der Waals surface area contributed by atoms with E-state index in [1.165, 1.54) is 29.5 Å². The minimum Gasteiger partial charge on any atom is -0.449 e. The maximum Gasteiger partial charge on any atom is 0.341 e. The van der Waals surface area contributed by atoms with Crippen LogP contribution in [0.2, 0.25) is 0 Å². The predicted molar refractivity (Wildman–Crippen MR) is 126 cm³/mol. The number of thioether (sulfide) groups is 1. The topological polar surface area (TPSA) is 98.4 Å². The van der Waals surface area contributed by atoms with E-state index in [9.17, 15) is 9.59 Å². The molecule has 0 aromatic carbocycles. The number of pyridine rings is 1. The van der Waals surface area contributed by atoms with Crippen molar-refractivity contribution in [1.29, 1.82) is 0 Å². The number of carbonyl (C=O) groups excluding carboxylic acids is 2. The van der Waals surface area contributed by atoms with E-state index in [2.05, 4.69) is 15.1 Å². The zero-order chi connectivity index (χ0) is 23.2. The number of nitrogens with zero attached hydrogens (tertiary/aromatic N) is 4. The van der Waals surface area contributed by atoms with Crippen molar-refractivity contribution in [2.75, 3.05) is 4.90 Å². The molecule has 1 aliphatic rings. The monoisotopic (exact) mass is 486 g/mol. The molecule has 1 aliphatic carbocycles. The second kappa shape index (κ2) is 10.9. The first kappa shape index (κ1) is 23.4. The molecular weight excluding hydrogens is 460 g/mol. The van der Waals surface area contributed by atoms with Crippen LogP contribution in [0.5, 0.6) is 0 Å². The Kier molecular flexibility index (Phi) is 7.77. The number of hydrogen-bond acceptors (Lipinski definition) is 9. The molecule has 10 heteroatoms. The third kappa shape index (κ3) is 5.80. The van der Waals surface area contributed by atoms with Gasteiger partial charge in [-0.1, -0.05) is 36.2 Å². The van der Waals surface area contributed by atoms with Crippen LogP contribution in [-0.4, -0.2) is 39.1 Å². The summed E-state index contributed by atoms with van der Waals surface area (Å²) in [5.74, 6) is 0.399. The molecule has 8 nitrogen and oxygen atoms in total. The molecule has 3 heterocycles. The van der Waals surface area contributed by atoms with E-state index in [1.807, 2.05) is 18.4 Å².